The summed E-state index contributed by atoms with van der Waals surface area (Å²) in [4.78, 5) is 18.4. The lowest BCUT2D eigenvalue weighted by Gasteiger charge is -2.22. The number of hydrogen-bond acceptors (Lipinski definition) is 4. The molecule has 0 bridgehead atoms. The minimum Gasteiger partial charge on any atom is -0.395 e. The summed E-state index contributed by atoms with van der Waals surface area (Å²) >= 11 is 0. The Hall–Kier alpha value is -2.41. The van der Waals surface area contributed by atoms with E-state index in [2.05, 4.69) is 15.4 Å². The summed E-state index contributed by atoms with van der Waals surface area (Å²) in [5.41, 5.74) is 1.79. The number of aliphatic hydroxyl groups excluding tert-OH is 1. The summed E-state index contributed by atoms with van der Waals surface area (Å²) in [6.45, 7) is 4.75. The third kappa shape index (κ3) is 3.91. The highest BCUT2D eigenvalue weighted by molar-refractivity contribution is 5.89. The zero-order valence-corrected chi connectivity index (χ0v) is 14.1. The van der Waals surface area contributed by atoms with Crippen molar-refractivity contribution in [1.29, 1.82) is 0 Å². The molecule has 2 aromatic rings. The number of rotatable bonds is 6. The van der Waals surface area contributed by atoms with E-state index in [0.29, 0.717) is 13.1 Å². The number of urea groups is 1. The van der Waals surface area contributed by atoms with Crippen LogP contribution < -0.4 is 5.32 Å². The second-order valence-electron chi connectivity index (χ2n) is 6.14. The lowest BCUT2D eigenvalue weighted by molar-refractivity contribution is 0.185. The van der Waals surface area contributed by atoms with Gasteiger partial charge in [0.1, 0.15) is 11.6 Å². The zero-order chi connectivity index (χ0) is 17.1. The van der Waals surface area contributed by atoms with Crippen molar-refractivity contribution >= 4 is 11.7 Å². The van der Waals surface area contributed by atoms with Crippen LogP contribution in [0.25, 0.3) is 0 Å². The molecular formula is C17H23N5O2. The molecule has 128 valence electrons. The van der Waals surface area contributed by atoms with Gasteiger partial charge in [0, 0.05) is 18.3 Å². The SMILES string of the molecule is Cc1nc(C)n(Cc2cccc(NC(=O)N(CCO)C3CC3)c2)n1. The summed E-state index contributed by atoms with van der Waals surface area (Å²) < 4.78 is 1.85. The van der Waals surface area contributed by atoms with Crippen molar-refractivity contribution in [1.82, 2.24) is 19.7 Å². The molecule has 0 saturated heterocycles. The number of nitrogens with one attached hydrogen (secondary N) is 1. The van der Waals surface area contributed by atoms with Crippen LogP contribution in [0.2, 0.25) is 0 Å². The number of carbonyl (C=O) groups excluding carboxylic acids is 1. The number of hydrogen-bond donors (Lipinski definition) is 2. The molecule has 7 nitrogen and oxygen atoms in total. The molecule has 1 heterocycles. The summed E-state index contributed by atoms with van der Waals surface area (Å²) in [5, 5.41) is 16.4. The van der Waals surface area contributed by atoms with E-state index < -0.39 is 0 Å². The van der Waals surface area contributed by atoms with Crippen LogP contribution in [0.15, 0.2) is 24.3 Å². The maximum atomic E-state index is 12.4. The summed E-state index contributed by atoms with van der Waals surface area (Å²) in [6.07, 6.45) is 2.02. The maximum Gasteiger partial charge on any atom is 0.322 e. The second-order valence-corrected chi connectivity index (χ2v) is 6.14. The van der Waals surface area contributed by atoms with Crippen molar-refractivity contribution in [3.05, 3.63) is 41.5 Å². The fourth-order valence-corrected chi connectivity index (χ4v) is 2.77. The number of carbonyl (C=O) groups is 1. The summed E-state index contributed by atoms with van der Waals surface area (Å²) in [6, 6.07) is 7.83. The van der Waals surface area contributed by atoms with E-state index in [1.165, 1.54) is 0 Å². The van der Waals surface area contributed by atoms with Crippen molar-refractivity contribution in [2.45, 2.75) is 39.3 Å². The van der Waals surface area contributed by atoms with Gasteiger partial charge in [0.25, 0.3) is 0 Å². The quantitative estimate of drug-likeness (QED) is 0.848. The minimum absolute atomic E-state index is 0.0190. The van der Waals surface area contributed by atoms with E-state index in [4.69, 9.17) is 5.11 Å². The fourth-order valence-electron chi connectivity index (χ4n) is 2.77. The van der Waals surface area contributed by atoms with Crippen LogP contribution in [0.3, 0.4) is 0 Å². The van der Waals surface area contributed by atoms with Crippen molar-refractivity contribution < 1.29 is 9.90 Å². The lowest BCUT2D eigenvalue weighted by Crippen LogP contribution is -2.38. The Morgan fingerprint density at radius 1 is 1.42 bits per heavy atom. The first kappa shape index (κ1) is 16.4. The van der Waals surface area contributed by atoms with Gasteiger partial charge < -0.3 is 15.3 Å². The van der Waals surface area contributed by atoms with Crippen LogP contribution in [0.1, 0.15) is 30.1 Å². The Balaban J connectivity index is 1.68. The van der Waals surface area contributed by atoms with Gasteiger partial charge in [0.2, 0.25) is 0 Å². The third-order valence-corrected chi connectivity index (χ3v) is 4.06. The number of amides is 2. The number of nitrogens with zero attached hydrogens (tertiary/aromatic N) is 4. The first-order valence-corrected chi connectivity index (χ1v) is 8.22. The van der Waals surface area contributed by atoms with Gasteiger partial charge in [-0.3, -0.25) is 0 Å². The molecule has 1 aromatic heterocycles. The zero-order valence-electron chi connectivity index (χ0n) is 14.1. The summed E-state index contributed by atoms with van der Waals surface area (Å²) in [5.74, 6) is 1.62. The molecule has 1 aliphatic carbocycles. The normalized spacial score (nSPS) is 13.8. The van der Waals surface area contributed by atoms with Gasteiger partial charge in [-0.05, 0) is 44.4 Å². The second kappa shape index (κ2) is 7.00. The Bertz CT molecular complexity index is 724. The van der Waals surface area contributed by atoms with Gasteiger partial charge in [-0.15, -0.1) is 0 Å². The van der Waals surface area contributed by atoms with Crippen molar-refractivity contribution in [3.63, 3.8) is 0 Å². The van der Waals surface area contributed by atoms with Crippen LogP contribution in [0.4, 0.5) is 10.5 Å². The monoisotopic (exact) mass is 329 g/mol. The molecule has 2 N–H and O–H groups in total. The van der Waals surface area contributed by atoms with Crippen LogP contribution in [-0.2, 0) is 6.54 Å². The highest BCUT2D eigenvalue weighted by Crippen LogP contribution is 2.27. The third-order valence-electron chi connectivity index (χ3n) is 4.06. The molecule has 0 atom stereocenters. The predicted octanol–water partition coefficient (Wildman–Crippen LogP) is 1.93. The van der Waals surface area contributed by atoms with Gasteiger partial charge in [0.15, 0.2) is 0 Å². The molecule has 24 heavy (non-hydrogen) atoms. The first-order valence-electron chi connectivity index (χ1n) is 8.22. The van der Waals surface area contributed by atoms with Crippen LogP contribution in [-0.4, -0.2) is 50.0 Å². The van der Waals surface area contributed by atoms with E-state index in [-0.39, 0.29) is 18.7 Å². The van der Waals surface area contributed by atoms with Crippen LogP contribution in [0.5, 0.6) is 0 Å². The highest BCUT2D eigenvalue weighted by atomic mass is 16.3. The Morgan fingerprint density at radius 3 is 2.83 bits per heavy atom. The van der Waals surface area contributed by atoms with Gasteiger partial charge in [0.05, 0.1) is 13.2 Å². The first-order chi connectivity index (χ1) is 11.6. The number of benzene rings is 1. The largest absolute Gasteiger partial charge is 0.395 e. The van der Waals surface area contributed by atoms with E-state index in [1.807, 2.05) is 42.8 Å². The molecule has 0 unspecified atom stereocenters. The maximum absolute atomic E-state index is 12.4. The molecule has 7 heteroatoms. The molecular weight excluding hydrogens is 306 g/mol. The van der Waals surface area contributed by atoms with Crippen molar-refractivity contribution in [3.8, 4) is 0 Å². The lowest BCUT2D eigenvalue weighted by atomic mass is 10.2. The van der Waals surface area contributed by atoms with Crippen LogP contribution >= 0.6 is 0 Å². The van der Waals surface area contributed by atoms with E-state index in [9.17, 15) is 4.79 Å². The number of anilines is 1. The molecule has 0 radical (unpaired) electrons. The van der Waals surface area contributed by atoms with Crippen molar-refractivity contribution in [2.75, 3.05) is 18.5 Å². The van der Waals surface area contributed by atoms with Gasteiger partial charge in [-0.1, -0.05) is 12.1 Å². The molecule has 0 aliphatic heterocycles. The number of aryl methyl sites for hydroxylation is 2. The molecule has 0 spiro atoms. The standard InChI is InChI=1S/C17H23N5O2/c1-12-18-13(2)22(20-12)11-14-4-3-5-15(10-14)19-17(24)21(8-9-23)16-6-7-16/h3-5,10,16,23H,6-9,11H2,1-2H3,(H,19,24). The highest BCUT2D eigenvalue weighted by Gasteiger charge is 2.32. The number of aromatic nitrogens is 3. The fraction of sp³-hybridized carbons (Fsp3) is 0.471. The smallest absolute Gasteiger partial charge is 0.322 e. The molecule has 3 rings (SSSR count). The van der Waals surface area contributed by atoms with E-state index in [1.54, 1.807) is 4.90 Å². The average molecular weight is 329 g/mol. The average Bonchev–Trinajstić information content (AvgIpc) is 3.31. The molecule has 2 amide bonds. The number of aliphatic hydroxyl groups is 1. The van der Waals surface area contributed by atoms with Crippen molar-refractivity contribution in [2.24, 2.45) is 0 Å². The molecule has 1 aliphatic rings. The topological polar surface area (TPSA) is 83.3 Å². The van der Waals surface area contributed by atoms with E-state index >= 15 is 0 Å². The minimum atomic E-state index is -0.156. The van der Waals surface area contributed by atoms with Crippen LogP contribution in [0, 0.1) is 13.8 Å². The predicted molar refractivity (Wildman–Crippen MR) is 90.9 cm³/mol. The van der Waals surface area contributed by atoms with Gasteiger partial charge in [-0.25, -0.2) is 14.5 Å². The Morgan fingerprint density at radius 2 is 2.21 bits per heavy atom. The summed E-state index contributed by atoms with van der Waals surface area (Å²) in [7, 11) is 0. The molecule has 1 saturated carbocycles. The van der Waals surface area contributed by atoms with E-state index in [0.717, 1.165) is 35.7 Å². The van der Waals surface area contributed by atoms with Gasteiger partial charge in [-0.2, -0.15) is 5.10 Å². The Kier molecular flexibility index (Phi) is 4.80. The van der Waals surface area contributed by atoms with Gasteiger partial charge >= 0.3 is 6.03 Å². The molecule has 1 fully saturated rings. The molecule has 1 aromatic carbocycles. The Labute approximate surface area is 141 Å².